The minimum Gasteiger partial charge on any atom is -0.496 e. The van der Waals surface area contributed by atoms with E-state index in [2.05, 4.69) is 26.2 Å². The number of anilines is 2. The van der Waals surface area contributed by atoms with Gasteiger partial charge >= 0.3 is 5.97 Å². The lowest BCUT2D eigenvalue weighted by Crippen LogP contribution is -2.22. The van der Waals surface area contributed by atoms with Crippen LogP contribution in [0, 0.1) is 27.7 Å². The quantitative estimate of drug-likeness (QED) is 0.186. The molecule has 3 aromatic carbocycles. The number of aryl methyl sites for hydroxylation is 4. The lowest BCUT2D eigenvalue weighted by atomic mass is 10.1. The van der Waals surface area contributed by atoms with Gasteiger partial charge in [-0.15, -0.1) is 5.10 Å². The van der Waals surface area contributed by atoms with E-state index in [9.17, 15) is 14.4 Å². The van der Waals surface area contributed by atoms with Crippen molar-refractivity contribution in [2.24, 2.45) is 0 Å². The molecule has 2 amide bonds. The number of carbonyl (C=O) groups is 3. The Morgan fingerprint density at radius 1 is 0.905 bits per heavy atom. The molecule has 42 heavy (non-hydrogen) atoms. The number of hydrogen-bond donors (Lipinski definition) is 2. The maximum absolute atomic E-state index is 12.9. The Morgan fingerprint density at radius 2 is 1.48 bits per heavy atom. The zero-order valence-electron chi connectivity index (χ0n) is 23.6. The molecule has 0 atom stereocenters. The van der Waals surface area contributed by atoms with Crippen molar-refractivity contribution in [1.82, 2.24) is 20.2 Å². The highest BCUT2D eigenvalue weighted by atomic mass is 35.5. The second-order valence-electron chi connectivity index (χ2n) is 9.37. The summed E-state index contributed by atoms with van der Waals surface area (Å²) in [5.41, 5.74) is 5.46. The zero-order chi connectivity index (χ0) is 30.4. The van der Waals surface area contributed by atoms with Crippen molar-refractivity contribution < 1.29 is 23.9 Å². The number of nitrogens with one attached hydrogen (secondary N) is 2. The minimum absolute atomic E-state index is 0.0152. The minimum atomic E-state index is -0.800. The van der Waals surface area contributed by atoms with E-state index in [1.54, 1.807) is 0 Å². The van der Waals surface area contributed by atoms with E-state index in [1.807, 2.05) is 64.1 Å². The van der Waals surface area contributed by atoms with Gasteiger partial charge in [-0.3, -0.25) is 9.59 Å². The predicted molar refractivity (Wildman–Crippen MR) is 161 cm³/mol. The Hall–Kier alpha value is -4.42. The number of aromatic nitrogens is 4. The third-order valence-corrected chi connectivity index (χ3v) is 7.54. The van der Waals surface area contributed by atoms with Crippen molar-refractivity contribution in [1.29, 1.82) is 0 Å². The molecule has 0 fully saturated rings. The van der Waals surface area contributed by atoms with Crippen LogP contribution >= 0.6 is 23.4 Å². The molecule has 0 aliphatic carbocycles. The number of methoxy groups -OCH3 is 1. The van der Waals surface area contributed by atoms with Crippen LogP contribution in [-0.4, -0.2) is 57.5 Å². The lowest BCUT2D eigenvalue weighted by Gasteiger charge is -2.14. The van der Waals surface area contributed by atoms with Crippen LogP contribution in [0.25, 0.3) is 5.69 Å². The molecular weight excluding hydrogens is 580 g/mol. The van der Waals surface area contributed by atoms with Gasteiger partial charge in [-0.1, -0.05) is 59.8 Å². The number of esters is 1. The summed E-state index contributed by atoms with van der Waals surface area (Å²) in [6.07, 6.45) is 0. The van der Waals surface area contributed by atoms with E-state index in [1.165, 1.54) is 23.9 Å². The number of amides is 2. The number of tetrazole rings is 1. The molecule has 4 rings (SSSR count). The second-order valence-corrected chi connectivity index (χ2v) is 10.7. The number of nitrogens with zero attached hydrogens (tertiary/aromatic N) is 4. The number of carbonyl (C=O) groups excluding carboxylic acids is 3. The van der Waals surface area contributed by atoms with Crippen LogP contribution in [0.3, 0.4) is 0 Å². The molecule has 1 heterocycles. The predicted octanol–water partition coefficient (Wildman–Crippen LogP) is 5.08. The van der Waals surface area contributed by atoms with Gasteiger partial charge in [0.15, 0.2) is 6.61 Å². The van der Waals surface area contributed by atoms with Gasteiger partial charge in [0.2, 0.25) is 11.1 Å². The smallest absolute Gasteiger partial charge is 0.342 e. The van der Waals surface area contributed by atoms with Gasteiger partial charge in [0.05, 0.1) is 23.6 Å². The third-order valence-electron chi connectivity index (χ3n) is 6.32. The molecule has 0 bridgehead atoms. The van der Waals surface area contributed by atoms with Gasteiger partial charge in [0.1, 0.15) is 11.3 Å². The van der Waals surface area contributed by atoms with Crippen molar-refractivity contribution >= 4 is 52.5 Å². The Kier molecular flexibility index (Phi) is 9.81. The Bertz CT molecular complexity index is 1620. The Morgan fingerprint density at radius 3 is 2.05 bits per heavy atom. The molecule has 0 aliphatic heterocycles. The summed E-state index contributed by atoms with van der Waals surface area (Å²) in [7, 11) is 1.38. The molecule has 1 aromatic heterocycles. The lowest BCUT2D eigenvalue weighted by molar-refractivity contribution is -0.119. The van der Waals surface area contributed by atoms with Gasteiger partial charge in [0.25, 0.3) is 5.91 Å². The molecule has 2 N–H and O–H groups in total. The van der Waals surface area contributed by atoms with Gasteiger partial charge < -0.3 is 20.1 Å². The first-order chi connectivity index (χ1) is 20.1. The number of para-hydroxylation sites is 2. The summed E-state index contributed by atoms with van der Waals surface area (Å²) in [6.45, 7) is 7.09. The van der Waals surface area contributed by atoms with Crippen molar-refractivity contribution in [2.75, 3.05) is 30.1 Å². The molecular formula is C29H29ClN6O5S. The standard InChI is InChI=1S/C29H29ClN6O5S/c1-16-8-6-9-17(2)26(16)31-24(37)14-41-28(39)20-12-21(30)22(13-23(20)40-5)36-29(33-34-35-36)42-15-25(38)32-27-18(3)10-7-11-19(27)4/h6-13H,14-15H2,1-5H3,(H,31,37)(H,32,38). The molecule has 0 spiro atoms. The first kappa shape index (κ1) is 30.5. The Balaban J connectivity index is 1.44. The first-order valence-electron chi connectivity index (χ1n) is 12.8. The van der Waals surface area contributed by atoms with Crippen molar-refractivity contribution in [3.63, 3.8) is 0 Å². The van der Waals surface area contributed by atoms with Crippen molar-refractivity contribution in [3.05, 3.63) is 81.4 Å². The van der Waals surface area contributed by atoms with Gasteiger partial charge in [-0.2, -0.15) is 4.68 Å². The number of benzene rings is 3. The fourth-order valence-corrected chi connectivity index (χ4v) is 5.09. The summed E-state index contributed by atoms with van der Waals surface area (Å²) in [5, 5.41) is 17.8. The van der Waals surface area contributed by atoms with Crippen LogP contribution in [0.4, 0.5) is 11.4 Å². The topological polar surface area (TPSA) is 137 Å². The molecule has 0 radical (unpaired) electrons. The van der Waals surface area contributed by atoms with Crippen LogP contribution in [0.15, 0.2) is 53.7 Å². The number of ether oxygens (including phenoxy) is 2. The number of rotatable bonds is 10. The molecule has 13 heteroatoms. The van der Waals surface area contributed by atoms with Gasteiger partial charge in [-0.05, 0) is 66.4 Å². The molecule has 4 aromatic rings. The van der Waals surface area contributed by atoms with Crippen molar-refractivity contribution in [3.8, 4) is 11.4 Å². The number of hydrogen-bond acceptors (Lipinski definition) is 9. The normalized spacial score (nSPS) is 10.7. The molecule has 0 aliphatic rings. The van der Waals surface area contributed by atoms with E-state index in [-0.39, 0.29) is 28.0 Å². The molecule has 11 nitrogen and oxygen atoms in total. The largest absolute Gasteiger partial charge is 0.496 e. The first-order valence-corrected chi connectivity index (χ1v) is 14.1. The van der Waals surface area contributed by atoms with Gasteiger partial charge in [-0.25, -0.2) is 4.79 Å². The average molecular weight is 609 g/mol. The summed E-state index contributed by atoms with van der Waals surface area (Å²) in [4.78, 5) is 38.0. The van der Waals surface area contributed by atoms with Crippen LogP contribution in [0.1, 0.15) is 32.6 Å². The maximum atomic E-state index is 12.9. The van der Waals surface area contributed by atoms with Crippen LogP contribution in [-0.2, 0) is 14.3 Å². The molecule has 0 unspecified atom stereocenters. The highest BCUT2D eigenvalue weighted by Crippen LogP contribution is 2.32. The van der Waals surface area contributed by atoms with E-state index < -0.39 is 18.5 Å². The van der Waals surface area contributed by atoms with Crippen molar-refractivity contribution in [2.45, 2.75) is 32.9 Å². The summed E-state index contributed by atoms with van der Waals surface area (Å²) < 4.78 is 12.0. The summed E-state index contributed by atoms with van der Waals surface area (Å²) in [5.74, 6) is -1.34. The monoisotopic (exact) mass is 608 g/mol. The maximum Gasteiger partial charge on any atom is 0.342 e. The fourth-order valence-electron chi connectivity index (χ4n) is 4.17. The number of halogens is 1. The highest BCUT2D eigenvalue weighted by Gasteiger charge is 2.22. The SMILES string of the molecule is COc1cc(-n2nnnc2SCC(=O)Nc2c(C)cccc2C)c(Cl)cc1C(=O)OCC(=O)Nc1c(C)cccc1C. The molecule has 0 saturated carbocycles. The van der Waals surface area contributed by atoms with E-state index in [4.69, 9.17) is 21.1 Å². The van der Waals surface area contributed by atoms with E-state index >= 15 is 0 Å². The van der Waals surface area contributed by atoms with Crippen LogP contribution in [0.2, 0.25) is 5.02 Å². The van der Waals surface area contributed by atoms with Crippen LogP contribution < -0.4 is 15.4 Å². The summed E-state index contributed by atoms with van der Waals surface area (Å²) in [6, 6.07) is 14.2. The van der Waals surface area contributed by atoms with Gasteiger partial charge in [0, 0.05) is 17.4 Å². The van der Waals surface area contributed by atoms with Crippen LogP contribution in [0.5, 0.6) is 5.75 Å². The average Bonchev–Trinajstić information content (AvgIpc) is 3.43. The summed E-state index contributed by atoms with van der Waals surface area (Å²) >= 11 is 7.64. The molecule has 0 saturated heterocycles. The van der Waals surface area contributed by atoms with E-state index in [0.717, 1.165) is 39.7 Å². The number of thioether (sulfide) groups is 1. The second kappa shape index (κ2) is 13.5. The van der Waals surface area contributed by atoms with E-state index in [0.29, 0.717) is 16.5 Å². The highest BCUT2D eigenvalue weighted by molar-refractivity contribution is 7.99. The molecule has 218 valence electrons. The zero-order valence-corrected chi connectivity index (χ0v) is 25.2. The fraction of sp³-hybridized carbons (Fsp3) is 0.241. The third kappa shape index (κ3) is 7.07. The Labute approximate surface area is 251 Å².